The van der Waals surface area contributed by atoms with Crippen molar-refractivity contribution in [1.82, 2.24) is 4.57 Å². The van der Waals surface area contributed by atoms with Gasteiger partial charge in [0.05, 0.1) is 24.4 Å². The Bertz CT molecular complexity index is 644. The van der Waals surface area contributed by atoms with E-state index in [1.165, 1.54) is 7.11 Å². The third-order valence-electron chi connectivity index (χ3n) is 3.13. The predicted octanol–water partition coefficient (Wildman–Crippen LogP) is 3.71. The van der Waals surface area contributed by atoms with E-state index in [1.54, 1.807) is 36.0 Å². The number of benzene rings is 1. The van der Waals surface area contributed by atoms with E-state index < -0.39 is 24.8 Å². The van der Waals surface area contributed by atoms with E-state index in [4.69, 9.17) is 4.74 Å². The quantitative estimate of drug-likeness (QED) is 0.802. The number of aryl methyl sites for hydroxylation is 1. The van der Waals surface area contributed by atoms with Gasteiger partial charge in [0.2, 0.25) is 0 Å². The number of nitrogens with zero attached hydrogens (tertiary/aromatic N) is 1. The summed E-state index contributed by atoms with van der Waals surface area (Å²) in [5.74, 6) is -0.0455. The molecule has 2 aromatic rings. The second-order valence-corrected chi connectivity index (χ2v) is 4.55. The van der Waals surface area contributed by atoms with Crippen LogP contribution in [-0.2, 0) is 7.05 Å². The highest BCUT2D eigenvalue weighted by atomic mass is 19.4. The highest BCUT2D eigenvalue weighted by Gasteiger charge is 2.29. The van der Waals surface area contributed by atoms with Crippen molar-refractivity contribution in [1.29, 1.82) is 0 Å². The molecule has 0 unspecified atom stereocenters. The summed E-state index contributed by atoms with van der Waals surface area (Å²) in [4.78, 5) is 12.0. The van der Waals surface area contributed by atoms with Gasteiger partial charge in [-0.15, -0.1) is 0 Å². The SMILES string of the molecule is COc1cccc2c1c(C(=O)CCC(F)(F)F)cn2C. The zero-order chi connectivity index (χ0) is 14.9. The predicted molar refractivity (Wildman–Crippen MR) is 69.1 cm³/mol. The summed E-state index contributed by atoms with van der Waals surface area (Å²) in [6.07, 6.45) is -4.45. The topological polar surface area (TPSA) is 31.2 Å². The fraction of sp³-hybridized carbons (Fsp3) is 0.357. The molecule has 0 aliphatic carbocycles. The largest absolute Gasteiger partial charge is 0.496 e. The molecule has 0 radical (unpaired) electrons. The second kappa shape index (κ2) is 5.19. The highest BCUT2D eigenvalue weighted by molar-refractivity contribution is 6.10. The lowest BCUT2D eigenvalue weighted by Gasteiger charge is -2.06. The smallest absolute Gasteiger partial charge is 0.389 e. The molecule has 0 atom stereocenters. The Kier molecular flexibility index (Phi) is 3.74. The van der Waals surface area contributed by atoms with Gasteiger partial charge in [0.25, 0.3) is 0 Å². The lowest BCUT2D eigenvalue weighted by Crippen LogP contribution is -2.10. The van der Waals surface area contributed by atoms with Gasteiger partial charge >= 0.3 is 6.18 Å². The molecule has 0 aliphatic heterocycles. The maximum absolute atomic E-state index is 12.2. The number of fused-ring (bicyclic) bond motifs is 1. The number of aromatic nitrogens is 1. The molecule has 1 aromatic carbocycles. The minimum Gasteiger partial charge on any atom is -0.496 e. The number of Topliss-reactive ketones (excluding diaryl/α,β-unsaturated/α-hetero) is 1. The number of methoxy groups -OCH3 is 1. The molecule has 0 fully saturated rings. The van der Waals surface area contributed by atoms with Crippen molar-refractivity contribution >= 4 is 16.7 Å². The van der Waals surface area contributed by atoms with Gasteiger partial charge < -0.3 is 9.30 Å². The average molecular weight is 285 g/mol. The molecule has 0 saturated heterocycles. The minimum absolute atomic E-state index is 0.268. The lowest BCUT2D eigenvalue weighted by molar-refractivity contribution is -0.133. The first-order valence-electron chi connectivity index (χ1n) is 6.05. The first-order valence-corrected chi connectivity index (χ1v) is 6.05. The van der Waals surface area contributed by atoms with Crippen LogP contribution in [0.3, 0.4) is 0 Å². The number of halogens is 3. The van der Waals surface area contributed by atoms with Gasteiger partial charge in [-0.25, -0.2) is 0 Å². The van der Waals surface area contributed by atoms with Crippen LogP contribution < -0.4 is 4.74 Å². The number of carbonyl (C=O) groups excluding carboxylic acids is 1. The Morgan fingerprint density at radius 1 is 1.35 bits per heavy atom. The van der Waals surface area contributed by atoms with Crippen LogP contribution in [0.1, 0.15) is 23.2 Å². The van der Waals surface area contributed by atoms with Crippen LogP contribution in [0.4, 0.5) is 13.2 Å². The van der Waals surface area contributed by atoms with Crippen molar-refractivity contribution in [2.45, 2.75) is 19.0 Å². The van der Waals surface area contributed by atoms with E-state index in [9.17, 15) is 18.0 Å². The molecule has 0 bridgehead atoms. The fourth-order valence-electron chi connectivity index (χ4n) is 2.18. The van der Waals surface area contributed by atoms with Crippen LogP contribution in [0.15, 0.2) is 24.4 Å². The number of hydrogen-bond donors (Lipinski definition) is 0. The first-order chi connectivity index (χ1) is 9.33. The summed E-state index contributed by atoms with van der Waals surface area (Å²) in [7, 11) is 3.20. The van der Waals surface area contributed by atoms with Crippen molar-refractivity contribution < 1.29 is 22.7 Å². The molecular weight excluding hydrogens is 271 g/mol. The van der Waals surface area contributed by atoms with E-state index in [-0.39, 0.29) is 5.56 Å². The molecule has 0 N–H and O–H groups in total. The molecule has 3 nitrogen and oxygen atoms in total. The summed E-state index contributed by atoms with van der Waals surface area (Å²) in [6, 6.07) is 5.24. The summed E-state index contributed by atoms with van der Waals surface area (Å²) in [6.45, 7) is 0. The highest BCUT2D eigenvalue weighted by Crippen LogP contribution is 2.32. The van der Waals surface area contributed by atoms with Crippen LogP contribution in [0.5, 0.6) is 5.75 Å². The van der Waals surface area contributed by atoms with Gasteiger partial charge in [-0.1, -0.05) is 6.07 Å². The summed E-state index contributed by atoms with van der Waals surface area (Å²) in [5.41, 5.74) is 1.02. The van der Waals surface area contributed by atoms with Gasteiger partial charge in [-0.3, -0.25) is 4.79 Å². The van der Waals surface area contributed by atoms with Crippen molar-refractivity contribution in [2.24, 2.45) is 7.05 Å². The normalized spacial score (nSPS) is 11.8. The number of ether oxygens (including phenoxy) is 1. The number of carbonyl (C=O) groups is 1. The molecule has 1 aromatic heterocycles. The molecule has 1 heterocycles. The van der Waals surface area contributed by atoms with Gasteiger partial charge in [0.1, 0.15) is 5.75 Å². The summed E-state index contributed by atoms with van der Waals surface area (Å²) >= 11 is 0. The number of ketones is 1. The Morgan fingerprint density at radius 3 is 2.65 bits per heavy atom. The molecule has 0 saturated carbocycles. The molecule has 0 aliphatic rings. The average Bonchev–Trinajstić information content (AvgIpc) is 2.73. The van der Waals surface area contributed by atoms with E-state index in [1.807, 2.05) is 0 Å². The van der Waals surface area contributed by atoms with Gasteiger partial charge in [0.15, 0.2) is 5.78 Å². The summed E-state index contributed by atoms with van der Waals surface area (Å²) < 4.78 is 43.5. The molecule has 20 heavy (non-hydrogen) atoms. The van der Waals surface area contributed by atoms with Crippen LogP contribution in [0.25, 0.3) is 10.9 Å². The first kappa shape index (κ1) is 14.4. The zero-order valence-corrected chi connectivity index (χ0v) is 11.1. The van der Waals surface area contributed by atoms with Crippen molar-refractivity contribution in [3.63, 3.8) is 0 Å². The Balaban J connectivity index is 2.41. The lowest BCUT2D eigenvalue weighted by atomic mass is 10.0. The van der Waals surface area contributed by atoms with E-state index in [0.717, 1.165) is 5.52 Å². The Hall–Kier alpha value is -1.98. The third-order valence-corrected chi connectivity index (χ3v) is 3.13. The molecule has 108 valence electrons. The van der Waals surface area contributed by atoms with E-state index in [0.29, 0.717) is 11.1 Å². The molecular formula is C14H14F3NO2. The Morgan fingerprint density at radius 2 is 2.05 bits per heavy atom. The van der Waals surface area contributed by atoms with E-state index >= 15 is 0 Å². The zero-order valence-electron chi connectivity index (χ0n) is 11.1. The second-order valence-electron chi connectivity index (χ2n) is 4.55. The standard InChI is InChI=1S/C14H14F3NO2/c1-18-8-9(11(19)6-7-14(15,16)17)13-10(18)4-3-5-12(13)20-2/h3-5,8H,6-7H2,1-2H3. The molecule has 0 amide bonds. The van der Waals surface area contributed by atoms with Gasteiger partial charge in [-0.05, 0) is 12.1 Å². The molecule has 0 spiro atoms. The van der Waals surface area contributed by atoms with Crippen LogP contribution in [0.2, 0.25) is 0 Å². The van der Waals surface area contributed by atoms with Crippen LogP contribution in [0, 0.1) is 0 Å². The number of rotatable bonds is 4. The van der Waals surface area contributed by atoms with Crippen molar-refractivity contribution in [3.05, 3.63) is 30.0 Å². The van der Waals surface area contributed by atoms with Crippen LogP contribution >= 0.6 is 0 Å². The van der Waals surface area contributed by atoms with Gasteiger partial charge in [0, 0.05) is 25.2 Å². The Labute approximate surface area is 113 Å². The van der Waals surface area contributed by atoms with E-state index in [2.05, 4.69) is 0 Å². The van der Waals surface area contributed by atoms with Gasteiger partial charge in [-0.2, -0.15) is 13.2 Å². The van der Waals surface area contributed by atoms with Crippen molar-refractivity contribution in [3.8, 4) is 5.75 Å². The third kappa shape index (κ3) is 2.79. The minimum atomic E-state index is -4.33. The monoisotopic (exact) mass is 285 g/mol. The number of alkyl halides is 3. The molecule has 2 rings (SSSR count). The van der Waals surface area contributed by atoms with Crippen LogP contribution in [-0.4, -0.2) is 23.6 Å². The van der Waals surface area contributed by atoms with Crippen molar-refractivity contribution in [2.75, 3.05) is 7.11 Å². The fourth-order valence-corrected chi connectivity index (χ4v) is 2.18. The number of hydrogen-bond acceptors (Lipinski definition) is 2. The maximum atomic E-state index is 12.2. The summed E-state index contributed by atoms with van der Waals surface area (Å²) in [5, 5.41) is 0.560. The maximum Gasteiger partial charge on any atom is 0.389 e. The molecule has 6 heteroatoms.